The van der Waals surface area contributed by atoms with Crippen molar-refractivity contribution in [3.8, 4) is 6.07 Å². The summed E-state index contributed by atoms with van der Waals surface area (Å²) in [4.78, 5) is 0. The first-order chi connectivity index (χ1) is 6.64. The zero-order valence-corrected chi connectivity index (χ0v) is 9.01. The van der Waals surface area contributed by atoms with Crippen molar-refractivity contribution in [2.24, 2.45) is 5.73 Å². The lowest BCUT2D eigenvalue weighted by molar-refractivity contribution is 0.530. The standard InChI is InChI=1S/C10H14N2OS/c1-10(12,8-11)4-6-14-7-9-3-2-5-13-9/h2-3,5H,4,6-7,12H2,1H3. The van der Waals surface area contributed by atoms with E-state index in [2.05, 4.69) is 6.07 Å². The molecule has 0 spiro atoms. The molecule has 1 atom stereocenters. The highest BCUT2D eigenvalue weighted by Crippen LogP contribution is 2.16. The van der Waals surface area contributed by atoms with Crippen LogP contribution in [0.15, 0.2) is 22.8 Å². The Balaban J connectivity index is 2.15. The summed E-state index contributed by atoms with van der Waals surface area (Å²) in [5, 5.41) is 8.67. The maximum absolute atomic E-state index is 8.67. The number of rotatable bonds is 5. The molecule has 1 unspecified atom stereocenters. The molecular formula is C10H14N2OS. The van der Waals surface area contributed by atoms with Crippen LogP contribution in [-0.4, -0.2) is 11.3 Å². The molecule has 1 aromatic rings. The average Bonchev–Trinajstić information content (AvgIpc) is 2.65. The van der Waals surface area contributed by atoms with Crippen LogP contribution in [0.4, 0.5) is 0 Å². The third kappa shape index (κ3) is 3.86. The molecule has 0 saturated carbocycles. The lowest BCUT2D eigenvalue weighted by atomic mass is 10.0. The van der Waals surface area contributed by atoms with E-state index in [4.69, 9.17) is 15.4 Å². The van der Waals surface area contributed by atoms with E-state index in [1.165, 1.54) is 0 Å². The molecular weight excluding hydrogens is 196 g/mol. The summed E-state index contributed by atoms with van der Waals surface area (Å²) in [5.41, 5.74) is 4.98. The first-order valence-corrected chi connectivity index (χ1v) is 5.60. The molecule has 0 bridgehead atoms. The topological polar surface area (TPSA) is 63.0 Å². The van der Waals surface area contributed by atoms with Crippen molar-refractivity contribution >= 4 is 11.8 Å². The fourth-order valence-electron chi connectivity index (χ4n) is 0.908. The van der Waals surface area contributed by atoms with E-state index in [1.54, 1.807) is 24.9 Å². The molecule has 0 amide bonds. The van der Waals surface area contributed by atoms with Crippen LogP contribution in [0.1, 0.15) is 19.1 Å². The van der Waals surface area contributed by atoms with Gasteiger partial charge in [0.05, 0.1) is 18.1 Å². The maximum Gasteiger partial charge on any atom is 0.113 e. The first kappa shape index (κ1) is 11.2. The summed E-state index contributed by atoms with van der Waals surface area (Å²) in [6, 6.07) is 5.89. The lowest BCUT2D eigenvalue weighted by Gasteiger charge is -2.13. The second-order valence-corrected chi connectivity index (χ2v) is 4.52. The van der Waals surface area contributed by atoms with E-state index < -0.39 is 5.54 Å². The number of hydrogen-bond donors (Lipinski definition) is 1. The predicted molar refractivity (Wildman–Crippen MR) is 57.7 cm³/mol. The maximum atomic E-state index is 8.67. The van der Waals surface area contributed by atoms with Gasteiger partial charge in [0, 0.05) is 0 Å². The molecule has 1 heterocycles. The smallest absolute Gasteiger partial charge is 0.113 e. The largest absolute Gasteiger partial charge is 0.468 e. The van der Waals surface area contributed by atoms with Crippen LogP contribution in [0.5, 0.6) is 0 Å². The van der Waals surface area contributed by atoms with E-state index in [9.17, 15) is 0 Å². The summed E-state index contributed by atoms with van der Waals surface area (Å²) in [6.45, 7) is 1.75. The SMILES string of the molecule is CC(N)(C#N)CCSCc1ccco1. The summed E-state index contributed by atoms with van der Waals surface area (Å²) in [6.07, 6.45) is 2.37. The molecule has 0 saturated heterocycles. The monoisotopic (exact) mass is 210 g/mol. The van der Waals surface area contributed by atoms with Gasteiger partial charge < -0.3 is 10.2 Å². The van der Waals surface area contributed by atoms with Crippen LogP contribution in [-0.2, 0) is 5.75 Å². The van der Waals surface area contributed by atoms with Crippen molar-refractivity contribution < 1.29 is 4.42 Å². The van der Waals surface area contributed by atoms with Crippen LogP contribution in [0.2, 0.25) is 0 Å². The number of thioether (sulfide) groups is 1. The second-order valence-electron chi connectivity index (χ2n) is 3.41. The molecule has 0 aliphatic carbocycles. The van der Waals surface area contributed by atoms with Crippen LogP contribution < -0.4 is 5.73 Å². The number of nitriles is 1. The third-order valence-electron chi connectivity index (χ3n) is 1.85. The second kappa shape index (κ2) is 5.08. The van der Waals surface area contributed by atoms with E-state index in [0.717, 1.165) is 17.3 Å². The van der Waals surface area contributed by atoms with Gasteiger partial charge in [0.2, 0.25) is 0 Å². The van der Waals surface area contributed by atoms with Crippen molar-refractivity contribution in [3.63, 3.8) is 0 Å². The first-order valence-electron chi connectivity index (χ1n) is 4.44. The molecule has 2 N–H and O–H groups in total. The van der Waals surface area contributed by atoms with Crippen molar-refractivity contribution in [1.29, 1.82) is 5.26 Å². The molecule has 3 nitrogen and oxygen atoms in total. The molecule has 0 aliphatic heterocycles. The Kier molecular flexibility index (Phi) is 4.05. The minimum absolute atomic E-state index is 0.698. The zero-order chi connectivity index (χ0) is 10.4. The molecule has 1 aromatic heterocycles. The molecule has 4 heteroatoms. The third-order valence-corrected chi connectivity index (χ3v) is 2.83. The normalized spacial score (nSPS) is 14.6. The van der Waals surface area contributed by atoms with Crippen molar-refractivity contribution in [2.45, 2.75) is 24.6 Å². The van der Waals surface area contributed by atoms with Gasteiger partial charge in [-0.05, 0) is 31.2 Å². The van der Waals surface area contributed by atoms with Gasteiger partial charge in [-0.1, -0.05) is 0 Å². The molecule has 0 radical (unpaired) electrons. The Morgan fingerprint density at radius 2 is 2.50 bits per heavy atom. The molecule has 76 valence electrons. The van der Waals surface area contributed by atoms with E-state index in [0.29, 0.717) is 6.42 Å². The number of nitrogens with zero attached hydrogens (tertiary/aromatic N) is 1. The van der Waals surface area contributed by atoms with Gasteiger partial charge in [-0.25, -0.2) is 0 Å². The fourth-order valence-corrected chi connectivity index (χ4v) is 1.99. The Hall–Kier alpha value is -0.920. The van der Waals surface area contributed by atoms with Gasteiger partial charge in [-0.2, -0.15) is 17.0 Å². The molecule has 0 aromatic carbocycles. The molecule has 14 heavy (non-hydrogen) atoms. The summed E-state index contributed by atoms with van der Waals surface area (Å²) in [7, 11) is 0. The van der Waals surface area contributed by atoms with Crippen molar-refractivity contribution in [1.82, 2.24) is 0 Å². The average molecular weight is 210 g/mol. The number of furan rings is 1. The molecule has 0 aliphatic rings. The molecule has 0 fully saturated rings. The van der Waals surface area contributed by atoms with E-state index in [-0.39, 0.29) is 0 Å². The lowest BCUT2D eigenvalue weighted by Crippen LogP contribution is -2.34. The van der Waals surface area contributed by atoms with Gasteiger partial charge in [0.1, 0.15) is 11.3 Å². The van der Waals surface area contributed by atoms with Crippen LogP contribution in [0, 0.1) is 11.3 Å². The van der Waals surface area contributed by atoms with Gasteiger partial charge in [0.15, 0.2) is 0 Å². The number of nitrogens with two attached hydrogens (primary N) is 1. The highest BCUT2D eigenvalue weighted by Gasteiger charge is 2.16. The summed E-state index contributed by atoms with van der Waals surface area (Å²) in [5.74, 6) is 2.68. The Bertz CT molecular complexity index is 300. The van der Waals surface area contributed by atoms with Gasteiger partial charge in [-0.3, -0.25) is 0 Å². The van der Waals surface area contributed by atoms with Crippen molar-refractivity contribution in [2.75, 3.05) is 5.75 Å². The fraction of sp³-hybridized carbons (Fsp3) is 0.500. The minimum atomic E-state index is -0.698. The summed E-state index contributed by atoms with van der Waals surface area (Å²) < 4.78 is 5.17. The quantitative estimate of drug-likeness (QED) is 0.756. The number of hydrogen-bond acceptors (Lipinski definition) is 4. The Morgan fingerprint density at radius 1 is 1.71 bits per heavy atom. The zero-order valence-electron chi connectivity index (χ0n) is 8.19. The Labute approximate surface area is 88.3 Å². The van der Waals surface area contributed by atoms with Crippen LogP contribution in [0.25, 0.3) is 0 Å². The van der Waals surface area contributed by atoms with Gasteiger partial charge in [-0.15, -0.1) is 0 Å². The Morgan fingerprint density at radius 3 is 3.07 bits per heavy atom. The van der Waals surface area contributed by atoms with Gasteiger partial charge >= 0.3 is 0 Å². The van der Waals surface area contributed by atoms with E-state index in [1.807, 2.05) is 12.1 Å². The highest BCUT2D eigenvalue weighted by molar-refractivity contribution is 7.98. The summed E-state index contributed by atoms with van der Waals surface area (Å²) >= 11 is 1.73. The highest BCUT2D eigenvalue weighted by atomic mass is 32.2. The minimum Gasteiger partial charge on any atom is -0.468 e. The van der Waals surface area contributed by atoms with Crippen LogP contribution in [0.3, 0.4) is 0 Å². The van der Waals surface area contributed by atoms with Crippen molar-refractivity contribution in [3.05, 3.63) is 24.2 Å². The van der Waals surface area contributed by atoms with Crippen LogP contribution >= 0.6 is 11.8 Å². The van der Waals surface area contributed by atoms with Gasteiger partial charge in [0.25, 0.3) is 0 Å². The predicted octanol–water partition coefficient (Wildman–Crippen LogP) is 2.14. The van der Waals surface area contributed by atoms with E-state index >= 15 is 0 Å². The molecule has 1 rings (SSSR count).